The largest absolute Gasteiger partial charge is 0.466 e. The summed E-state index contributed by atoms with van der Waals surface area (Å²) in [5.41, 5.74) is 0.943. The van der Waals surface area contributed by atoms with E-state index in [1.165, 1.54) is 0 Å². The zero-order valence-corrected chi connectivity index (χ0v) is 9.74. The molecule has 2 rings (SSSR count). The van der Waals surface area contributed by atoms with E-state index in [2.05, 4.69) is 0 Å². The smallest absolute Gasteiger partial charge is 0.142 e. The fourth-order valence-corrected chi connectivity index (χ4v) is 1.80. The molecule has 2 atom stereocenters. The van der Waals surface area contributed by atoms with Gasteiger partial charge in [0.05, 0.1) is 6.26 Å². The highest BCUT2D eigenvalue weighted by Gasteiger charge is 2.24. The van der Waals surface area contributed by atoms with E-state index >= 15 is 0 Å². The molecular formula is C14H16O3. The second-order valence-electron chi connectivity index (χ2n) is 3.75. The number of hydrogen-bond donors (Lipinski definition) is 1. The first-order chi connectivity index (χ1) is 8.33. The summed E-state index contributed by atoms with van der Waals surface area (Å²) in [7, 11) is 0. The number of hydrogen-bond acceptors (Lipinski definition) is 3. The SMILES string of the molecule is CCOC(c1ccccc1)C(O)c1ccco1. The highest BCUT2D eigenvalue weighted by Crippen LogP contribution is 2.31. The van der Waals surface area contributed by atoms with E-state index in [-0.39, 0.29) is 0 Å². The lowest BCUT2D eigenvalue weighted by Gasteiger charge is -2.21. The van der Waals surface area contributed by atoms with Gasteiger partial charge < -0.3 is 14.3 Å². The summed E-state index contributed by atoms with van der Waals surface area (Å²) in [5, 5.41) is 10.2. The first-order valence-electron chi connectivity index (χ1n) is 5.71. The van der Waals surface area contributed by atoms with Crippen LogP contribution in [0.15, 0.2) is 53.1 Å². The Morgan fingerprint density at radius 2 is 1.94 bits per heavy atom. The molecule has 1 heterocycles. The van der Waals surface area contributed by atoms with Gasteiger partial charge in [-0.2, -0.15) is 0 Å². The van der Waals surface area contributed by atoms with E-state index in [4.69, 9.17) is 9.15 Å². The lowest BCUT2D eigenvalue weighted by atomic mass is 10.0. The van der Waals surface area contributed by atoms with E-state index in [1.807, 2.05) is 37.3 Å². The first kappa shape index (κ1) is 11.9. The molecule has 0 aliphatic rings. The molecule has 0 spiro atoms. The number of furan rings is 1. The van der Waals surface area contributed by atoms with Crippen molar-refractivity contribution < 1.29 is 14.3 Å². The third-order valence-electron chi connectivity index (χ3n) is 2.60. The highest BCUT2D eigenvalue weighted by atomic mass is 16.5. The van der Waals surface area contributed by atoms with Gasteiger partial charge in [0.2, 0.25) is 0 Å². The standard InChI is InChI=1S/C14H16O3/c1-2-16-14(11-7-4-3-5-8-11)13(15)12-9-6-10-17-12/h3-10,13-15H,2H2,1H3. The van der Waals surface area contributed by atoms with Crippen LogP contribution in [0.3, 0.4) is 0 Å². The van der Waals surface area contributed by atoms with Gasteiger partial charge in [0.25, 0.3) is 0 Å². The Labute approximate surface area is 101 Å². The minimum absolute atomic E-state index is 0.396. The maximum atomic E-state index is 10.2. The summed E-state index contributed by atoms with van der Waals surface area (Å²) < 4.78 is 10.8. The molecule has 1 aromatic heterocycles. The van der Waals surface area contributed by atoms with Gasteiger partial charge >= 0.3 is 0 Å². The van der Waals surface area contributed by atoms with Crippen molar-refractivity contribution in [3.63, 3.8) is 0 Å². The molecule has 90 valence electrons. The van der Waals surface area contributed by atoms with Gasteiger partial charge in [-0.05, 0) is 24.6 Å². The summed E-state index contributed by atoms with van der Waals surface area (Å²) in [6.45, 7) is 2.45. The molecule has 0 aliphatic carbocycles. The second-order valence-corrected chi connectivity index (χ2v) is 3.75. The second kappa shape index (κ2) is 5.66. The molecule has 0 bridgehead atoms. The van der Waals surface area contributed by atoms with E-state index in [1.54, 1.807) is 18.4 Å². The Bertz CT molecular complexity index is 422. The molecule has 2 aromatic rings. The summed E-state index contributed by atoms with van der Waals surface area (Å²) >= 11 is 0. The molecule has 0 fully saturated rings. The van der Waals surface area contributed by atoms with Crippen LogP contribution in [0.2, 0.25) is 0 Å². The van der Waals surface area contributed by atoms with E-state index < -0.39 is 12.2 Å². The Hall–Kier alpha value is -1.58. The van der Waals surface area contributed by atoms with Crippen LogP contribution in [0.25, 0.3) is 0 Å². The molecule has 0 amide bonds. The Morgan fingerprint density at radius 1 is 1.18 bits per heavy atom. The monoisotopic (exact) mass is 232 g/mol. The molecule has 17 heavy (non-hydrogen) atoms. The summed E-state index contributed by atoms with van der Waals surface area (Å²) in [4.78, 5) is 0. The molecule has 0 saturated carbocycles. The van der Waals surface area contributed by atoms with Crippen molar-refractivity contribution in [3.8, 4) is 0 Å². The third-order valence-corrected chi connectivity index (χ3v) is 2.60. The zero-order valence-electron chi connectivity index (χ0n) is 9.74. The van der Waals surface area contributed by atoms with Crippen molar-refractivity contribution in [2.75, 3.05) is 6.61 Å². The number of aliphatic hydroxyl groups is 1. The van der Waals surface area contributed by atoms with Crippen LogP contribution in [0.1, 0.15) is 30.5 Å². The molecule has 1 N–H and O–H groups in total. The molecule has 1 aromatic carbocycles. The predicted octanol–water partition coefficient (Wildman–Crippen LogP) is 3.09. The highest BCUT2D eigenvalue weighted by molar-refractivity contribution is 5.21. The van der Waals surface area contributed by atoms with Gasteiger partial charge in [-0.15, -0.1) is 0 Å². The predicted molar refractivity (Wildman–Crippen MR) is 64.5 cm³/mol. The fourth-order valence-electron chi connectivity index (χ4n) is 1.80. The minimum Gasteiger partial charge on any atom is -0.466 e. The lowest BCUT2D eigenvalue weighted by Crippen LogP contribution is -2.14. The maximum Gasteiger partial charge on any atom is 0.142 e. The van der Waals surface area contributed by atoms with Gasteiger partial charge in [-0.1, -0.05) is 30.3 Å². The fraction of sp³-hybridized carbons (Fsp3) is 0.286. The van der Waals surface area contributed by atoms with Crippen LogP contribution in [0, 0.1) is 0 Å². The van der Waals surface area contributed by atoms with E-state index in [9.17, 15) is 5.11 Å². The van der Waals surface area contributed by atoms with Crippen molar-refractivity contribution in [3.05, 3.63) is 60.1 Å². The molecule has 2 unspecified atom stereocenters. The van der Waals surface area contributed by atoms with Gasteiger partial charge in [-0.25, -0.2) is 0 Å². The van der Waals surface area contributed by atoms with Crippen molar-refractivity contribution >= 4 is 0 Å². The summed E-state index contributed by atoms with van der Waals surface area (Å²) in [6, 6.07) is 13.2. The number of ether oxygens (including phenoxy) is 1. The average Bonchev–Trinajstić information content (AvgIpc) is 2.90. The Balaban J connectivity index is 2.23. The van der Waals surface area contributed by atoms with Crippen molar-refractivity contribution in [1.82, 2.24) is 0 Å². The number of benzene rings is 1. The van der Waals surface area contributed by atoms with E-state index in [0.29, 0.717) is 12.4 Å². The topological polar surface area (TPSA) is 42.6 Å². The Morgan fingerprint density at radius 3 is 2.53 bits per heavy atom. The number of aliphatic hydroxyl groups excluding tert-OH is 1. The molecule has 0 aliphatic heterocycles. The molecule has 0 saturated heterocycles. The van der Waals surface area contributed by atoms with Crippen LogP contribution in [0.5, 0.6) is 0 Å². The molecule has 0 radical (unpaired) electrons. The zero-order chi connectivity index (χ0) is 12.1. The lowest BCUT2D eigenvalue weighted by molar-refractivity contribution is -0.0448. The minimum atomic E-state index is -0.785. The van der Waals surface area contributed by atoms with Crippen LogP contribution in [-0.4, -0.2) is 11.7 Å². The molecule has 3 nitrogen and oxygen atoms in total. The van der Waals surface area contributed by atoms with Gasteiger partial charge in [-0.3, -0.25) is 0 Å². The first-order valence-corrected chi connectivity index (χ1v) is 5.71. The van der Waals surface area contributed by atoms with Crippen molar-refractivity contribution in [2.45, 2.75) is 19.1 Å². The Kier molecular flexibility index (Phi) is 3.96. The van der Waals surface area contributed by atoms with Crippen LogP contribution in [-0.2, 0) is 4.74 Å². The van der Waals surface area contributed by atoms with Crippen LogP contribution in [0.4, 0.5) is 0 Å². The van der Waals surface area contributed by atoms with Gasteiger partial charge in [0.1, 0.15) is 18.0 Å². The van der Waals surface area contributed by atoms with Gasteiger partial charge in [0, 0.05) is 6.61 Å². The van der Waals surface area contributed by atoms with Gasteiger partial charge in [0.15, 0.2) is 0 Å². The normalized spacial score (nSPS) is 14.5. The van der Waals surface area contributed by atoms with Crippen LogP contribution < -0.4 is 0 Å². The van der Waals surface area contributed by atoms with Crippen molar-refractivity contribution in [1.29, 1.82) is 0 Å². The summed E-state index contributed by atoms with van der Waals surface area (Å²) in [6.07, 6.45) is 0.367. The third kappa shape index (κ3) is 2.75. The quantitative estimate of drug-likeness (QED) is 0.861. The number of rotatable bonds is 5. The molecule has 3 heteroatoms. The summed E-state index contributed by atoms with van der Waals surface area (Å²) in [5.74, 6) is 0.521. The average molecular weight is 232 g/mol. The molecular weight excluding hydrogens is 216 g/mol. The maximum absolute atomic E-state index is 10.2. The van der Waals surface area contributed by atoms with Crippen LogP contribution >= 0.6 is 0 Å². The van der Waals surface area contributed by atoms with E-state index in [0.717, 1.165) is 5.56 Å². The van der Waals surface area contributed by atoms with Crippen molar-refractivity contribution in [2.24, 2.45) is 0 Å².